The molecule has 4 rings (SSSR count). The lowest BCUT2D eigenvalue weighted by atomic mass is 9.93. The predicted molar refractivity (Wildman–Crippen MR) is 126 cm³/mol. The number of amidine groups is 1. The van der Waals surface area contributed by atoms with Crippen LogP contribution in [0.2, 0.25) is 0 Å². The molecule has 1 aromatic heterocycles. The molecule has 2 heterocycles. The molecule has 1 atom stereocenters. The molecule has 1 N–H and O–H groups in total. The van der Waals surface area contributed by atoms with Crippen LogP contribution in [0.5, 0.6) is 0 Å². The molecule has 2 aliphatic rings. The summed E-state index contributed by atoms with van der Waals surface area (Å²) in [5, 5.41) is 18.0. The number of thioether (sulfide) groups is 1. The van der Waals surface area contributed by atoms with Gasteiger partial charge in [-0.2, -0.15) is 16.9 Å². The van der Waals surface area contributed by atoms with Gasteiger partial charge in [-0.1, -0.05) is 30.3 Å². The molecule has 2 aromatic rings. The Kier molecular flexibility index (Phi) is 5.98. The van der Waals surface area contributed by atoms with Gasteiger partial charge in [0, 0.05) is 53.9 Å². The van der Waals surface area contributed by atoms with Crippen LogP contribution in [0.1, 0.15) is 37.3 Å². The maximum absolute atomic E-state index is 9.86. The lowest BCUT2D eigenvalue weighted by Gasteiger charge is -2.30. The average molecular weight is 423 g/mol. The Labute approximate surface area is 183 Å². The molecule has 1 saturated heterocycles. The topological polar surface area (TPSA) is 61.1 Å². The SMILES string of the molecule is C=N/N=C1/CC(C)(CO)SCCN1CC1(c2ccc(-c3ccc(C)cn3)cc2)CC1. The fourth-order valence-corrected chi connectivity index (χ4v) is 5.30. The summed E-state index contributed by atoms with van der Waals surface area (Å²) in [6.45, 7) is 9.72. The van der Waals surface area contributed by atoms with Crippen LogP contribution in [0.15, 0.2) is 52.8 Å². The number of aliphatic hydroxyl groups excluding tert-OH is 1. The van der Waals surface area contributed by atoms with E-state index >= 15 is 0 Å². The minimum atomic E-state index is -0.211. The van der Waals surface area contributed by atoms with Crippen molar-refractivity contribution in [1.82, 2.24) is 9.88 Å². The number of aryl methyl sites for hydroxylation is 1. The molecular formula is C24H30N4OS. The van der Waals surface area contributed by atoms with Crippen molar-refractivity contribution >= 4 is 24.3 Å². The van der Waals surface area contributed by atoms with Gasteiger partial charge >= 0.3 is 0 Å². The van der Waals surface area contributed by atoms with Gasteiger partial charge in [-0.05, 0) is 43.9 Å². The Morgan fingerprint density at radius 1 is 1.20 bits per heavy atom. The zero-order valence-corrected chi connectivity index (χ0v) is 18.7. The van der Waals surface area contributed by atoms with E-state index in [1.54, 1.807) is 0 Å². The Hall–Kier alpha value is -2.18. The van der Waals surface area contributed by atoms with Gasteiger partial charge in [-0.15, -0.1) is 5.10 Å². The quantitative estimate of drug-likeness (QED) is 0.557. The van der Waals surface area contributed by atoms with Crippen LogP contribution in [0, 0.1) is 6.92 Å². The van der Waals surface area contributed by atoms with Gasteiger partial charge in [0.15, 0.2) is 0 Å². The zero-order valence-electron chi connectivity index (χ0n) is 17.8. The van der Waals surface area contributed by atoms with Crippen molar-refractivity contribution in [3.8, 4) is 11.3 Å². The number of benzene rings is 1. The van der Waals surface area contributed by atoms with Gasteiger partial charge in [-0.25, -0.2) is 0 Å². The van der Waals surface area contributed by atoms with Crippen LogP contribution in [-0.4, -0.2) is 57.7 Å². The van der Waals surface area contributed by atoms with Crippen molar-refractivity contribution in [2.75, 3.05) is 25.4 Å². The molecule has 1 aliphatic heterocycles. The van der Waals surface area contributed by atoms with E-state index in [2.05, 4.69) is 77.0 Å². The van der Waals surface area contributed by atoms with Crippen LogP contribution < -0.4 is 0 Å². The second kappa shape index (κ2) is 8.52. The number of rotatable bonds is 6. The van der Waals surface area contributed by atoms with E-state index in [-0.39, 0.29) is 16.8 Å². The van der Waals surface area contributed by atoms with E-state index in [1.165, 1.54) is 24.0 Å². The van der Waals surface area contributed by atoms with E-state index in [9.17, 15) is 5.11 Å². The molecule has 30 heavy (non-hydrogen) atoms. The number of pyridine rings is 1. The second-order valence-corrected chi connectivity index (χ2v) is 10.5. The molecule has 0 spiro atoms. The molecule has 6 heteroatoms. The van der Waals surface area contributed by atoms with Crippen LogP contribution >= 0.6 is 11.8 Å². The average Bonchev–Trinajstić information content (AvgIpc) is 3.56. The Morgan fingerprint density at radius 3 is 2.57 bits per heavy atom. The maximum Gasteiger partial charge on any atom is 0.129 e. The molecule has 0 radical (unpaired) electrons. The molecule has 1 aromatic carbocycles. The number of aliphatic hydroxyl groups is 1. The van der Waals surface area contributed by atoms with Gasteiger partial charge in [-0.3, -0.25) is 4.98 Å². The lowest BCUT2D eigenvalue weighted by Crippen LogP contribution is -2.40. The lowest BCUT2D eigenvalue weighted by molar-refractivity contribution is 0.257. The normalized spacial score (nSPS) is 24.5. The van der Waals surface area contributed by atoms with Crippen molar-refractivity contribution in [3.05, 3.63) is 53.7 Å². The van der Waals surface area contributed by atoms with E-state index in [4.69, 9.17) is 0 Å². The first-order chi connectivity index (χ1) is 14.5. The first-order valence-electron chi connectivity index (χ1n) is 10.5. The zero-order chi connectivity index (χ0) is 21.2. The van der Waals surface area contributed by atoms with Crippen LogP contribution in [-0.2, 0) is 5.41 Å². The van der Waals surface area contributed by atoms with Crippen LogP contribution in [0.25, 0.3) is 11.3 Å². The highest BCUT2D eigenvalue weighted by atomic mass is 32.2. The number of hydrogen-bond acceptors (Lipinski definition) is 5. The summed E-state index contributed by atoms with van der Waals surface area (Å²) < 4.78 is -0.211. The first kappa shape index (κ1) is 21.1. The minimum absolute atomic E-state index is 0.140. The molecule has 158 valence electrons. The van der Waals surface area contributed by atoms with Gasteiger partial charge in [0.25, 0.3) is 0 Å². The number of hydrogen-bond donors (Lipinski definition) is 1. The monoisotopic (exact) mass is 422 g/mol. The van der Waals surface area contributed by atoms with Crippen molar-refractivity contribution < 1.29 is 5.11 Å². The van der Waals surface area contributed by atoms with E-state index in [1.807, 2.05) is 18.0 Å². The van der Waals surface area contributed by atoms with Crippen molar-refractivity contribution in [2.45, 2.75) is 43.3 Å². The Balaban J connectivity index is 1.53. The molecule has 1 saturated carbocycles. The molecular weight excluding hydrogens is 392 g/mol. The van der Waals surface area contributed by atoms with Crippen molar-refractivity contribution in [3.63, 3.8) is 0 Å². The standard InChI is InChI=1S/C24H30N4OS/c1-18-4-9-21(26-15-18)19-5-7-20(8-6-19)24(10-11-24)16-28-12-13-30-23(2,17-29)14-22(28)27-25-3/h4-9,15,29H,3,10-14,16-17H2,1-2H3/b27-22-. The minimum Gasteiger partial charge on any atom is -0.395 e. The van der Waals surface area contributed by atoms with Crippen LogP contribution in [0.3, 0.4) is 0 Å². The van der Waals surface area contributed by atoms with E-state index in [0.29, 0.717) is 6.42 Å². The number of aromatic nitrogens is 1. The van der Waals surface area contributed by atoms with Crippen molar-refractivity contribution in [1.29, 1.82) is 0 Å². The smallest absolute Gasteiger partial charge is 0.129 e. The summed E-state index contributed by atoms with van der Waals surface area (Å²) in [5.41, 5.74) is 4.89. The molecule has 5 nitrogen and oxygen atoms in total. The third kappa shape index (κ3) is 4.44. The summed E-state index contributed by atoms with van der Waals surface area (Å²) in [6, 6.07) is 13.1. The molecule has 1 aliphatic carbocycles. The predicted octanol–water partition coefficient (Wildman–Crippen LogP) is 4.29. The number of nitrogens with zero attached hydrogens (tertiary/aromatic N) is 4. The highest BCUT2D eigenvalue weighted by molar-refractivity contribution is 8.00. The highest BCUT2D eigenvalue weighted by Gasteiger charge is 2.46. The summed E-state index contributed by atoms with van der Waals surface area (Å²) in [4.78, 5) is 6.92. The fourth-order valence-electron chi connectivity index (χ4n) is 4.17. The Morgan fingerprint density at radius 2 is 1.97 bits per heavy atom. The van der Waals surface area contributed by atoms with Gasteiger partial charge in [0.2, 0.25) is 0 Å². The van der Waals surface area contributed by atoms with Gasteiger partial charge in [0.1, 0.15) is 5.84 Å². The maximum atomic E-state index is 9.86. The largest absolute Gasteiger partial charge is 0.395 e. The summed E-state index contributed by atoms with van der Waals surface area (Å²) in [5.74, 6) is 1.92. The van der Waals surface area contributed by atoms with Gasteiger partial charge < -0.3 is 10.0 Å². The fraction of sp³-hybridized carbons (Fsp3) is 0.458. The van der Waals surface area contributed by atoms with Crippen molar-refractivity contribution in [2.24, 2.45) is 10.2 Å². The van der Waals surface area contributed by atoms with Crippen LogP contribution in [0.4, 0.5) is 0 Å². The summed E-state index contributed by atoms with van der Waals surface area (Å²) in [7, 11) is 0. The molecule has 0 amide bonds. The summed E-state index contributed by atoms with van der Waals surface area (Å²) in [6.07, 6.45) is 4.99. The summed E-state index contributed by atoms with van der Waals surface area (Å²) >= 11 is 1.82. The second-order valence-electron chi connectivity index (χ2n) is 8.79. The molecule has 1 unspecified atom stereocenters. The molecule has 2 fully saturated rings. The Bertz CT molecular complexity index is 921. The van der Waals surface area contributed by atoms with Gasteiger partial charge in [0.05, 0.1) is 12.3 Å². The highest BCUT2D eigenvalue weighted by Crippen LogP contribution is 2.49. The first-order valence-corrected chi connectivity index (χ1v) is 11.5. The third-order valence-electron chi connectivity index (χ3n) is 6.28. The third-order valence-corrected chi connectivity index (χ3v) is 7.64. The van der Waals surface area contributed by atoms with E-state index in [0.717, 1.165) is 35.9 Å². The molecule has 0 bridgehead atoms. The van der Waals surface area contributed by atoms with E-state index < -0.39 is 0 Å².